The summed E-state index contributed by atoms with van der Waals surface area (Å²) < 4.78 is 5.24. The molecule has 1 aliphatic heterocycles. The standard InChI is InChI=1S/C13H16ClN3O4/c14-9-1-2-10(11(7-9)17(19)20)16-8-13(12(15)18)3-5-21-6-4-13/h1-2,7,16H,3-6,8H2,(H2,15,18). The van der Waals surface area contributed by atoms with E-state index in [4.69, 9.17) is 22.1 Å². The van der Waals surface area contributed by atoms with Crippen molar-refractivity contribution in [2.24, 2.45) is 11.1 Å². The molecule has 21 heavy (non-hydrogen) atoms. The summed E-state index contributed by atoms with van der Waals surface area (Å²) in [5.41, 5.74) is 4.94. The van der Waals surface area contributed by atoms with Crippen molar-refractivity contribution in [1.29, 1.82) is 0 Å². The number of halogens is 1. The van der Waals surface area contributed by atoms with Crippen molar-refractivity contribution in [3.8, 4) is 0 Å². The number of primary amides is 1. The average Bonchev–Trinajstić information content (AvgIpc) is 2.46. The van der Waals surface area contributed by atoms with Crippen LogP contribution in [0.3, 0.4) is 0 Å². The molecule has 1 aromatic rings. The van der Waals surface area contributed by atoms with Gasteiger partial charge >= 0.3 is 0 Å². The number of nitrogens with two attached hydrogens (primary N) is 1. The van der Waals surface area contributed by atoms with E-state index in [1.165, 1.54) is 12.1 Å². The molecule has 114 valence electrons. The fraction of sp³-hybridized carbons (Fsp3) is 0.462. The molecule has 0 spiro atoms. The molecule has 0 atom stereocenters. The lowest BCUT2D eigenvalue weighted by molar-refractivity contribution is -0.384. The van der Waals surface area contributed by atoms with Gasteiger partial charge in [-0.05, 0) is 25.0 Å². The van der Waals surface area contributed by atoms with Crippen LogP contribution >= 0.6 is 11.6 Å². The van der Waals surface area contributed by atoms with E-state index in [2.05, 4.69) is 5.32 Å². The lowest BCUT2D eigenvalue weighted by Gasteiger charge is -2.34. The Morgan fingerprint density at radius 2 is 2.14 bits per heavy atom. The predicted molar refractivity (Wildman–Crippen MR) is 78.3 cm³/mol. The summed E-state index contributed by atoms with van der Waals surface area (Å²) in [6.07, 6.45) is 0.993. The molecular formula is C13H16ClN3O4. The third-order valence-electron chi connectivity index (χ3n) is 3.75. The van der Waals surface area contributed by atoms with Crippen LogP contribution < -0.4 is 11.1 Å². The zero-order valence-electron chi connectivity index (χ0n) is 11.3. The fourth-order valence-electron chi connectivity index (χ4n) is 2.34. The molecule has 1 fully saturated rings. The first-order chi connectivity index (χ1) is 9.94. The van der Waals surface area contributed by atoms with Crippen molar-refractivity contribution in [2.75, 3.05) is 25.1 Å². The van der Waals surface area contributed by atoms with E-state index in [1.807, 2.05) is 0 Å². The number of benzene rings is 1. The second-order valence-corrected chi connectivity index (χ2v) is 5.47. The Morgan fingerprint density at radius 1 is 1.48 bits per heavy atom. The summed E-state index contributed by atoms with van der Waals surface area (Å²) in [5, 5.41) is 14.3. The quantitative estimate of drug-likeness (QED) is 0.638. The van der Waals surface area contributed by atoms with Gasteiger partial charge in [-0.25, -0.2) is 0 Å². The third kappa shape index (κ3) is 3.43. The van der Waals surface area contributed by atoms with Gasteiger partial charge in [-0.15, -0.1) is 0 Å². The van der Waals surface area contributed by atoms with Gasteiger partial charge in [0, 0.05) is 30.8 Å². The molecule has 0 saturated carbocycles. The van der Waals surface area contributed by atoms with Gasteiger partial charge in [0.25, 0.3) is 5.69 Å². The molecule has 0 bridgehead atoms. The summed E-state index contributed by atoms with van der Waals surface area (Å²) in [4.78, 5) is 22.3. The highest BCUT2D eigenvalue weighted by atomic mass is 35.5. The molecular weight excluding hydrogens is 298 g/mol. The second kappa shape index (κ2) is 6.28. The Balaban J connectivity index is 2.18. The van der Waals surface area contributed by atoms with E-state index >= 15 is 0 Å². The highest BCUT2D eigenvalue weighted by Crippen LogP contribution is 2.33. The van der Waals surface area contributed by atoms with Crippen molar-refractivity contribution in [3.63, 3.8) is 0 Å². The third-order valence-corrected chi connectivity index (χ3v) is 3.98. The number of nitro groups is 1. The van der Waals surface area contributed by atoms with Crippen molar-refractivity contribution >= 4 is 28.9 Å². The zero-order valence-corrected chi connectivity index (χ0v) is 12.1. The van der Waals surface area contributed by atoms with Crippen LogP contribution in [0.5, 0.6) is 0 Å². The fourth-order valence-corrected chi connectivity index (χ4v) is 2.51. The number of rotatable bonds is 5. The van der Waals surface area contributed by atoms with Crippen LogP contribution in [0.2, 0.25) is 5.02 Å². The van der Waals surface area contributed by atoms with E-state index in [-0.39, 0.29) is 17.3 Å². The van der Waals surface area contributed by atoms with Gasteiger partial charge in [0.15, 0.2) is 0 Å². The van der Waals surface area contributed by atoms with Crippen LogP contribution in [0.15, 0.2) is 18.2 Å². The van der Waals surface area contributed by atoms with Crippen LogP contribution in [0.25, 0.3) is 0 Å². The summed E-state index contributed by atoms with van der Waals surface area (Å²) in [5.74, 6) is -0.421. The molecule has 0 radical (unpaired) electrons. The molecule has 3 N–H and O–H groups in total. The minimum atomic E-state index is -0.744. The number of amides is 1. The molecule has 7 nitrogen and oxygen atoms in total. The summed E-state index contributed by atoms with van der Waals surface area (Å²) in [7, 11) is 0. The van der Waals surface area contributed by atoms with Crippen molar-refractivity contribution < 1.29 is 14.5 Å². The Labute approximate surface area is 126 Å². The predicted octanol–water partition coefficient (Wildman–Crippen LogP) is 1.94. The number of anilines is 1. The first-order valence-electron chi connectivity index (χ1n) is 6.50. The number of ether oxygens (including phenoxy) is 1. The van der Waals surface area contributed by atoms with E-state index in [9.17, 15) is 14.9 Å². The Morgan fingerprint density at radius 3 is 2.71 bits per heavy atom. The Kier molecular flexibility index (Phi) is 4.64. The number of nitrogens with zero attached hydrogens (tertiary/aromatic N) is 1. The normalized spacial score (nSPS) is 17.2. The molecule has 0 aliphatic carbocycles. The van der Waals surface area contributed by atoms with Crippen LogP contribution in [0, 0.1) is 15.5 Å². The number of nitrogens with one attached hydrogen (secondary N) is 1. The van der Waals surface area contributed by atoms with Gasteiger partial charge in [0.05, 0.1) is 10.3 Å². The number of carbonyl (C=O) groups is 1. The highest BCUT2D eigenvalue weighted by molar-refractivity contribution is 6.30. The minimum Gasteiger partial charge on any atom is -0.381 e. The Bertz CT molecular complexity index is 558. The molecule has 0 unspecified atom stereocenters. The smallest absolute Gasteiger partial charge is 0.293 e. The van der Waals surface area contributed by atoms with E-state index < -0.39 is 16.2 Å². The molecule has 1 saturated heterocycles. The van der Waals surface area contributed by atoms with Crippen molar-refractivity contribution in [3.05, 3.63) is 33.3 Å². The first kappa shape index (κ1) is 15.5. The molecule has 1 aromatic carbocycles. The number of hydrogen-bond acceptors (Lipinski definition) is 5. The second-order valence-electron chi connectivity index (χ2n) is 5.03. The highest BCUT2D eigenvalue weighted by Gasteiger charge is 2.38. The first-order valence-corrected chi connectivity index (χ1v) is 6.88. The van der Waals surface area contributed by atoms with Crippen LogP contribution in [0.4, 0.5) is 11.4 Å². The maximum absolute atomic E-state index is 11.7. The van der Waals surface area contributed by atoms with E-state index in [0.29, 0.717) is 31.7 Å². The number of hydrogen-bond donors (Lipinski definition) is 2. The maximum atomic E-state index is 11.7. The Hall–Kier alpha value is -1.86. The maximum Gasteiger partial charge on any atom is 0.293 e. The van der Waals surface area contributed by atoms with Gasteiger partial charge in [-0.3, -0.25) is 14.9 Å². The van der Waals surface area contributed by atoms with E-state index in [1.54, 1.807) is 6.07 Å². The molecule has 1 amide bonds. The number of carbonyl (C=O) groups excluding carboxylic acids is 1. The van der Waals surface area contributed by atoms with Crippen LogP contribution in [-0.2, 0) is 9.53 Å². The lowest BCUT2D eigenvalue weighted by atomic mass is 9.79. The minimum absolute atomic E-state index is 0.130. The van der Waals surface area contributed by atoms with Gasteiger partial charge < -0.3 is 15.8 Å². The summed E-state index contributed by atoms with van der Waals surface area (Å²) in [6.45, 7) is 1.13. The van der Waals surface area contributed by atoms with E-state index in [0.717, 1.165) is 0 Å². The number of nitro benzene ring substituents is 1. The zero-order chi connectivity index (χ0) is 15.5. The summed E-state index contributed by atoms with van der Waals surface area (Å²) in [6, 6.07) is 4.34. The van der Waals surface area contributed by atoms with Crippen molar-refractivity contribution in [2.45, 2.75) is 12.8 Å². The topological polar surface area (TPSA) is 107 Å². The molecule has 1 aliphatic rings. The summed E-state index contributed by atoms with van der Waals surface area (Å²) >= 11 is 5.76. The lowest BCUT2D eigenvalue weighted by Crippen LogP contribution is -2.46. The molecule has 2 rings (SSSR count). The van der Waals surface area contributed by atoms with Gasteiger partial charge in [0.2, 0.25) is 5.91 Å². The molecule has 1 heterocycles. The SMILES string of the molecule is NC(=O)C1(CNc2ccc(Cl)cc2[N+](=O)[O-])CCOCC1. The molecule has 8 heteroatoms. The average molecular weight is 314 g/mol. The van der Waals surface area contributed by atoms with Gasteiger partial charge in [-0.1, -0.05) is 11.6 Å². The van der Waals surface area contributed by atoms with Crippen LogP contribution in [-0.4, -0.2) is 30.6 Å². The van der Waals surface area contributed by atoms with Gasteiger partial charge in [0.1, 0.15) is 5.69 Å². The molecule has 0 aromatic heterocycles. The largest absolute Gasteiger partial charge is 0.381 e. The monoisotopic (exact) mass is 313 g/mol. The van der Waals surface area contributed by atoms with Crippen molar-refractivity contribution in [1.82, 2.24) is 0 Å². The van der Waals surface area contributed by atoms with Gasteiger partial charge in [-0.2, -0.15) is 0 Å². The van der Waals surface area contributed by atoms with Crippen LogP contribution in [0.1, 0.15) is 12.8 Å².